The number of carbonyl (C=O) groups excluding carboxylic acids is 2. The van der Waals surface area contributed by atoms with Gasteiger partial charge in [-0.2, -0.15) is 0 Å². The molecule has 0 radical (unpaired) electrons. The van der Waals surface area contributed by atoms with Gasteiger partial charge in [0.2, 0.25) is 11.8 Å². The van der Waals surface area contributed by atoms with Crippen LogP contribution in [0.1, 0.15) is 32.3 Å². The molecule has 0 aromatic heterocycles. The molecule has 0 saturated carbocycles. The van der Waals surface area contributed by atoms with Crippen molar-refractivity contribution in [2.75, 3.05) is 18.0 Å². The summed E-state index contributed by atoms with van der Waals surface area (Å²) in [6, 6.07) is 7.78. The second-order valence-corrected chi connectivity index (χ2v) is 6.81. The molecule has 0 aliphatic carbocycles. The Morgan fingerprint density at radius 2 is 1.96 bits per heavy atom. The fraction of sp³-hybridized carbons (Fsp3) is 0.556. The van der Waals surface area contributed by atoms with Gasteiger partial charge in [-0.3, -0.25) is 9.59 Å². The molecule has 2 atom stereocenters. The number of anilines is 1. The van der Waals surface area contributed by atoms with E-state index < -0.39 is 0 Å². The van der Waals surface area contributed by atoms with E-state index in [0.29, 0.717) is 19.0 Å². The maximum absolute atomic E-state index is 12.4. The Kier molecular flexibility index (Phi) is 7.70. The van der Waals surface area contributed by atoms with E-state index in [0.717, 1.165) is 17.7 Å². The molecule has 0 bridgehead atoms. The topological polar surface area (TPSA) is 75.4 Å². The van der Waals surface area contributed by atoms with E-state index in [9.17, 15) is 9.59 Å². The lowest BCUT2D eigenvalue weighted by molar-refractivity contribution is -0.127. The van der Waals surface area contributed by atoms with Crippen LogP contribution in [0.5, 0.6) is 0 Å². The number of carbonyl (C=O) groups is 2. The molecule has 1 fully saturated rings. The fourth-order valence-electron chi connectivity index (χ4n) is 2.96. The lowest BCUT2D eigenvalue weighted by atomic mass is 10.0. The van der Waals surface area contributed by atoms with Crippen LogP contribution in [-0.2, 0) is 9.59 Å². The van der Waals surface area contributed by atoms with Crippen LogP contribution >= 0.6 is 12.4 Å². The van der Waals surface area contributed by atoms with Gasteiger partial charge in [0.1, 0.15) is 0 Å². The first-order chi connectivity index (χ1) is 10.9. The number of halogens is 1. The number of amides is 2. The molecule has 3 N–H and O–H groups in total. The zero-order valence-electron chi connectivity index (χ0n) is 14.6. The number of hydrogen-bond donors (Lipinski definition) is 2. The van der Waals surface area contributed by atoms with Gasteiger partial charge < -0.3 is 16.0 Å². The van der Waals surface area contributed by atoms with E-state index in [4.69, 9.17) is 5.73 Å². The molecule has 2 amide bonds. The number of nitrogens with zero attached hydrogens (tertiary/aromatic N) is 1. The Morgan fingerprint density at radius 3 is 2.50 bits per heavy atom. The van der Waals surface area contributed by atoms with Crippen LogP contribution < -0.4 is 16.0 Å². The highest BCUT2D eigenvalue weighted by molar-refractivity contribution is 6.00. The molecule has 1 aromatic carbocycles. The minimum absolute atomic E-state index is 0. The Bertz CT molecular complexity index is 560. The molecule has 2 rings (SSSR count). The average Bonchev–Trinajstić information content (AvgIpc) is 2.89. The van der Waals surface area contributed by atoms with Gasteiger partial charge in [0, 0.05) is 31.2 Å². The minimum Gasteiger partial charge on any atom is -0.352 e. The SMILES string of the molecule is Cc1ccc(N2CC(C(=O)NC(CN)CC(C)C)CC2=O)cc1.Cl. The quantitative estimate of drug-likeness (QED) is 0.823. The molecule has 5 nitrogen and oxygen atoms in total. The van der Waals surface area contributed by atoms with E-state index >= 15 is 0 Å². The van der Waals surface area contributed by atoms with E-state index in [2.05, 4.69) is 19.2 Å². The second kappa shape index (κ2) is 9.04. The average molecular weight is 354 g/mol. The fourth-order valence-corrected chi connectivity index (χ4v) is 2.96. The summed E-state index contributed by atoms with van der Waals surface area (Å²) in [5.41, 5.74) is 7.74. The predicted octanol–water partition coefficient (Wildman–Crippen LogP) is 2.26. The first-order valence-corrected chi connectivity index (χ1v) is 8.28. The predicted molar refractivity (Wildman–Crippen MR) is 99.3 cm³/mol. The molecular formula is C18H28ClN3O2. The molecule has 0 spiro atoms. The van der Waals surface area contributed by atoms with E-state index in [1.54, 1.807) is 4.90 Å². The van der Waals surface area contributed by atoms with Gasteiger partial charge in [0.05, 0.1) is 5.92 Å². The molecule has 24 heavy (non-hydrogen) atoms. The lowest BCUT2D eigenvalue weighted by Crippen LogP contribution is -2.44. The van der Waals surface area contributed by atoms with Crippen LogP contribution in [-0.4, -0.2) is 30.9 Å². The van der Waals surface area contributed by atoms with Gasteiger partial charge >= 0.3 is 0 Å². The normalized spacial score (nSPS) is 18.5. The Labute approximate surface area is 150 Å². The van der Waals surface area contributed by atoms with E-state index in [-0.39, 0.29) is 42.6 Å². The molecular weight excluding hydrogens is 326 g/mol. The Hall–Kier alpha value is -1.59. The lowest BCUT2D eigenvalue weighted by Gasteiger charge is -2.21. The number of rotatable bonds is 6. The third-order valence-corrected chi connectivity index (χ3v) is 4.23. The highest BCUT2D eigenvalue weighted by Gasteiger charge is 2.35. The maximum atomic E-state index is 12.4. The largest absolute Gasteiger partial charge is 0.352 e. The van der Waals surface area contributed by atoms with E-state index in [1.807, 2.05) is 31.2 Å². The first-order valence-electron chi connectivity index (χ1n) is 8.28. The molecule has 1 aromatic rings. The van der Waals surface area contributed by atoms with Crippen molar-refractivity contribution in [2.45, 2.75) is 39.7 Å². The molecule has 2 unspecified atom stereocenters. The van der Waals surface area contributed by atoms with Gasteiger partial charge in [0.15, 0.2) is 0 Å². The number of nitrogens with one attached hydrogen (secondary N) is 1. The summed E-state index contributed by atoms with van der Waals surface area (Å²) in [5, 5.41) is 3.00. The zero-order valence-corrected chi connectivity index (χ0v) is 15.4. The number of hydrogen-bond acceptors (Lipinski definition) is 3. The van der Waals surface area contributed by atoms with Crippen LogP contribution in [0.3, 0.4) is 0 Å². The van der Waals surface area contributed by atoms with Crippen LogP contribution in [0, 0.1) is 18.8 Å². The highest BCUT2D eigenvalue weighted by Crippen LogP contribution is 2.25. The summed E-state index contributed by atoms with van der Waals surface area (Å²) in [6.07, 6.45) is 1.11. The van der Waals surface area contributed by atoms with Gasteiger partial charge in [-0.15, -0.1) is 12.4 Å². The minimum atomic E-state index is -0.301. The van der Waals surface area contributed by atoms with Crippen molar-refractivity contribution in [3.8, 4) is 0 Å². The van der Waals surface area contributed by atoms with Crippen molar-refractivity contribution in [3.05, 3.63) is 29.8 Å². The van der Waals surface area contributed by atoms with Crippen molar-refractivity contribution in [3.63, 3.8) is 0 Å². The van der Waals surface area contributed by atoms with Crippen LogP contribution in [0.4, 0.5) is 5.69 Å². The zero-order chi connectivity index (χ0) is 17.0. The Morgan fingerprint density at radius 1 is 1.33 bits per heavy atom. The monoisotopic (exact) mass is 353 g/mol. The number of nitrogens with two attached hydrogens (primary N) is 1. The number of benzene rings is 1. The van der Waals surface area contributed by atoms with Gasteiger partial charge in [0.25, 0.3) is 0 Å². The summed E-state index contributed by atoms with van der Waals surface area (Å²) in [6.45, 7) is 7.08. The summed E-state index contributed by atoms with van der Waals surface area (Å²) in [4.78, 5) is 26.4. The van der Waals surface area contributed by atoms with Crippen LogP contribution in [0.25, 0.3) is 0 Å². The standard InChI is InChI=1S/C18H27N3O2.ClH/c1-12(2)8-15(10-19)20-18(23)14-9-17(22)21(11-14)16-6-4-13(3)5-7-16;/h4-7,12,14-15H,8-11,19H2,1-3H3,(H,20,23);1H. The van der Waals surface area contributed by atoms with Crippen molar-refractivity contribution in [1.82, 2.24) is 5.32 Å². The van der Waals surface area contributed by atoms with Crippen molar-refractivity contribution in [1.29, 1.82) is 0 Å². The van der Waals surface area contributed by atoms with Crippen LogP contribution in [0.2, 0.25) is 0 Å². The van der Waals surface area contributed by atoms with Gasteiger partial charge in [-0.05, 0) is 31.4 Å². The number of aryl methyl sites for hydroxylation is 1. The molecule has 1 saturated heterocycles. The molecule has 6 heteroatoms. The van der Waals surface area contributed by atoms with Gasteiger partial charge in [-0.25, -0.2) is 0 Å². The molecule has 134 valence electrons. The van der Waals surface area contributed by atoms with Gasteiger partial charge in [-0.1, -0.05) is 31.5 Å². The first kappa shape index (κ1) is 20.5. The Balaban J connectivity index is 0.00000288. The summed E-state index contributed by atoms with van der Waals surface area (Å²) in [7, 11) is 0. The second-order valence-electron chi connectivity index (χ2n) is 6.81. The molecule has 1 aliphatic rings. The molecule has 1 heterocycles. The van der Waals surface area contributed by atoms with Crippen molar-refractivity contribution in [2.24, 2.45) is 17.6 Å². The third kappa shape index (κ3) is 5.21. The van der Waals surface area contributed by atoms with Crippen molar-refractivity contribution >= 4 is 29.9 Å². The van der Waals surface area contributed by atoms with Crippen molar-refractivity contribution < 1.29 is 9.59 Å². The maximum Gasteiger partial charge on any atom is 0.227 e. The summed E-state index contributed by atoms with van der Waals surface area (Å²) >= 11 is 0. The third-order valence-electron chi connectivity index (χ3n) is 4.23. The smallest absolute Gasteiger partial charge is 0.227 e. The summed E-state index contributed by atoms with van der Waals surface area (Å²) < 4.78 is 0. The molecule has 1 aliphatic heterocycles. The van der Waals surface area contributed by atoms with E-state index in [1.165, 1.54) is 0 Å². The van der Waals surface area contributed by atoms with Crippen LogP contribution in [0.15, 0.2) is 24.3 Å². The summed E-state index contributed by atoms with van der Waals surface area (Å²) in [5.74, 6) is 0.106. The highest BCUT2D eigenvalue weighted by atomic mass is 35.5.